The Balaban J connectivity index is 1.61. The van der Waals surface area contributed by atoms with Crippen LogP contribution in [-0.2, 0) is 9.53 Å². The molecule has 3 heterocycles. The fraction of sp³-hybridized carbons (Fsp3) is 0.190. The average Bonchev–Trinajstić information content (AvgIpc) is 3.24. The second-order valence-electron chi connectivity index (χ2n) is 6.70. The number of carbonyl (C=O) groups is 2. The van der Waals surface area contributed by atoms with Gasteiger partial charge in [0.15, 0.2) is 0 Å². The summed E-state index contributed by atoms with van der Waals surface area (Å²) < 4.78 is 6.76. The first-order valence-electron chi connectivity index (χ1n) is 9.38. The number of fused-ring (bicyclic) bond motifs is 1. The minimum absolute atomic E-state index is 0.175. The van der Waals surface area contributed by atoms with Crippen molar-refractivity contribution in [2.24, 2.45) is 4.99 Å². The van der Waals surface area contributed by atoms with E-state index < -0.39 is 11.9 Å². The molecule has 0 spiro atoms. The van der Waals surface area contributed by atoms with Crippen molar-refractivity contribution in [3.63, 3.8) is 0 Å². The summed E-state index contributed by atoms with van der Waals surface area (Å²) in [7, 11) is 0. The lowest BCUT2D eigenvalue weighted by atomic mass is 9.98. The van der Waals surface area contributed by atoms with Gasteiger partial charge in [0.2, 0.25) is 5.91 Å². The van der Waals surface area contributed by atoms with Gasteiger partial charge >= 0.3 is 5.97 Å². The summed E-state index contributed by atoms with van der Waals surface area (Å²) in [6.07, 6.45) is 2.94. The second kappa shape index (κ2) is 7.78. The fourth-order valence-corrected chi connectivity index (χ4v) is 3.34. The number of hydrogen-bond donors (Lipinski definition) is 2. The molecule has 0 fully saturated rings. The van der Waals surface area contributed by atoms with Gasteiger partial charge in [0, 0.05) is 29.7 Å². The molecule has 1 aliphatic rings. The van der Waals surface area contributed by atoms with E-state index in [4.69, 9.17) is 4.74 Å². The number of H-pyrrole nitrogens is 1. The van der Waals surface area contributed by atoms with Crippen LogP contribution in [0.2, 0.25) is 0 Å². The first kappa shape index (κ1) is 19.3. The third-order valence-corrected chi connectivity index (χ3v) is 4.72. The molecule has 4 rings (SSSR count). The highest BCUT2D eigenvalue weighted by Crippen LogP contribution is 2.33. The summed E-state index contributed by atoms with van der Waals surface area (Å²) in [5.41, 5.74) is 2.77. The summed E-state index contributed by atoms with van der Waals surface area (Å²) in [6.45, 7) is 3.78. The molecule has 0 radical (unpaired) electrons. The maximum Gasteiger partial charge on any atom is 0.338 e. The number of ether oxygens (including phenoxy) is 1. The number of pyridine rings is 1. The van der Waals surface area contributed by atoms with Gasteiger partial charge in [0.1, 0.15) is 11.7 Å². The number of nitrogens with one attached hydrogen (secondary N) is 2. The van der Waals surface area contributed by atoms with Gasteiger partial charge in [-0.1, -0.05) is 0 Å². The Hall–Kier alpha value is -4.01. The molecule has 152 valence electrons. The van der Waals surface area contributed by atoms with Crippen molar-refractivity contribution < 1.29 is 14.3 Å². The summed E-state index contributed by atoms with van der Waals surface area (Å²) in [5, 5.41) is 5.39. The van der Waals surface area contributed by atoms with E-state index >= 15 is 0 Å². The molecule has 1 unspecified atom stereocenters. The summed E-state index contributed by atoms with van der Waals surface area (Å²) >= 11 is 0. The molecule has 0 bridgehead atoms. The first-order valence-corrected chi connectivity index (χ1v) is 9.38. The Labute approximate surface area is 171 Å². The van der Waals surface area contributed by atoms with Crippen LogP contribution < -0.4 is 10.9 Å². The van der Waals surface area contributed by atoms with Crippen molar-refractivity contribution in [3.8, 4) is 5.69 Å². The molecular formula is C21H19N5O4. The van der Waals surface area contributed by atoms with Crippen LogP contribution in [-0.4, -0.2) is 39.5 Å². The third kappa shape index (κ3) is 3.52. The van der Waals surface area contributed by atoms with Crippen LogP contribution in [0.4, 0.5) is 11.5 Å². The van der Waals surface area contributed by atoms with Crippen molar-refractivity contribution in [2.75, 3.05) is 11.9 Å². The van der Waals surface area contributed by atoms with Crippen LogP contribution in [0.25, 0.3) is 5.69 Å². The number of aromatic nitrogens is 3. The van der Waals surface area contributed by atoms with Gasteiger partial charge < -0.3 is 10.1 Å². The Bertz CT molecular complexity index is 1210. The van der Waals surface area contributed by atoms with E-state index in [2.05, 4.69) is 20.4 Å². The number of rotatable bonds is 5. The van der Waals surface area contributed by atoms with Crippen LogP contribution >= 0.6 is 0 Å². The van der Waals surface area contributed by atoms with E-state index in [1.807, 2.05) is 19.1 Å². The molecule has 30 heavy (non-hydrogen) atoms. The van der Waals surface area contributed by atoms with Crippen molar-refractivity contribution >= 4 is 29.6 Å². The van der Waals surface area contributed by atoms with Gasteiger partial charge in [-0.2, -0.15) is 0 Å². The van der Waals surface area contributed by atoms with Gasteiger partial charge in [-0.05, 0) is 44.2 Å². The van der Waals surface area contributed by atoms with E-state index in [0.717, 1.165) is 11.4 Å². The molecule has 1 aliphatic heterocycles. The zero-order valence-corrected chi connectivity index (χ0v) is 16.4. The summed E-state index contributed by atoms with van der Waals surface area (Å²) in [5.74, 6) is -1.23. The van der Waals surface area contributed by atoms with Crippen LogP contribution in [0.15, 0.2) is 52.4 Å². The lowest BCUT2D eigenvalue weighted by Crippen LogP contribution is -2.15. The van der Waals surface area contributed by atoms with E-state index in [-0.39, 0.29) is 18.1 Å². The number of amides is 1. The monoisotopic (exact) mass is 405 g/mol. The fourth-order valence-electron chi connectivity index (χ4n) is 3.34. The van der Waals surface area contributed by atoms with Crippen LogP contribution in [0.1, 0.15) is 34.5 Å². The molecule has 3 aromatic rings. The van der Waals surface area contributed by atoms with Gasteiger partial charge in [0.25, 0.3) is 5.56 Å². The minimum atomic E-state index is -0.754. The highest BCUT2D eigenvalue weighted by molar-refractivity contribution is 6.14. The topological polar surface area (TPSA) is 118 Å². The normalized spacial score (nSPS) is 15.3. The molecule has 9 nitrogen and oxygen atoms in total. The Kier molecular flexibility index (Phi) is 5.01. The Morgan fingerprint density at radius 1 is 1.27 bits per heavy atom. The lowest BCUT2D eigenvalue weighted by molar-refractivity contribution is -0.115. The number of hydrogen-bond acceptors (Lipinski definition) is 6. The lowest BCUT2D eigenvalue weighted by Gasteiger charge is -2.09. The van der Waals surface area contributed by atoms with E-state index in [1.165, 1.54) is 24.5 Å². The quantitative estimate of drug-likeness (QED) is 0.499. The Morgan fingerprint density at radius 2 is 2.03 bits per heavy atom. The number of aryl methyl sites for hydroxylation is 1. The molecule has 9 heteroatoms. The number of carbonyl (C=O) groups excluding carboxylic acids is 2. The van der Waals surface area contributed by atoms with Crippen molar-refractivity contribution in [1.29, 1.82) is 0 Å². The largest absolute Gasteiger partial charge is 0.462 e. The highest BCUT2D eigenvalue weighted by Gasteiger charge is 2.34. The smallest absolute Gasteiger partial charge is 0.338 e. The molecule has 1 atom stereocenters. The van der Waals surface area contributed by atoms with Gasteiger partial charge in [-0.25, -0.2) is 9.78 Å². The van der Waals surface area contributed by atoms with E-state index in [0.29, 0.717) is 22.6 Å². The second-order valence-corrected chi connectivity index (χ2v) is 6.70. The van der Waals surface area contributed by atoms with E-state index in [9.17, 15) is 14.4 Å². The number of anilines is 1. The van der Waals surface area contributed by atoms with Crippen LogP contribution in [0.3, 0.4) is 0 Å². The molecule has 2 N–H and O–H groups in total. The predicted octanol–water partition coefficient (Wildman–Crippen LogP) is 2.48. The summed E-state index contributed by atoms with van der Waals surface area (Å²) in [6, 6.07) is 10.2. The first-order chi connectivity index (χ1) is 14.5. The number of benzene rings is 1. The number of nitrogens with zero attached hydrogens (tertiary/aromatic N) is 3. The summed E-state index contributed by atoms with van der Waals surface area (Å²) in [4.78, 5) is 44.7. The number of aliphatic imine (C=N–C) groups is 1. The van der Waals surface area contributed by atoms with Gasteiger partial charge in [0.05, 0.1) is 23.5 Å². The number of esters is 1. The molecule has 0 saturated carbocycles. The maximum atomic E-state index is 12.4. The molecule has 2 aromatic heterocycles. The molecule has 1 aromatic carbocycles. The van der Waals surface area contributed by atoms with Crippen molar-refractivity contribution in [3.05, 3.63) is 69.8 Å². The maximum absolute atomic E-state index is 12.4. The average molecular weight is 405 g/mol. The van der Waals surface area contributed by atoms with E-state index in [1.54, 1.807) is 23.7 Å². The highest BCUT2D eigenvalue weighted by atomic mass is 16.5. The van der Waals surface area contributed by atoms with Crippen LogP contribution in [0.5, 0.6) is 0 Å². The zero-order valence-electron chi connectivity index (χ0n) is 16.4. The SMILES string of the molecule is CCOC(=O)c1ccnc2c1C(C=Nc1ccc(-n3[nH]c(=O)cc3C)cc1)C(=O)N2. The third-order valence-electron chi connectivity index (χ3n) is 4.72. The predicted molar refractivity (Wildman–Crippen MR) is 111 cm³/mol. The zero-order chi connectivity index (χ0) is 21.3. The van der Waals surface area contributed by atoms with Crippen molar-refractivity contribution in [1.82, 2.24) is 14.8 Å². The number of aromatic amines is 1. The van der Waals surface area contributed by atoms with Gasteiger partial charge in [-0.3, -0.25) is 24.4 Å². The van der Waals surface area contributed by atoms with Gasteiger partial charge in [-0.15, -0.1) is 0 Å². The minimum Gasteiger partial charge on any atom is -0.462 e. The molecule has 0 saturated heterocycles. The molecular weight excluding hydrogens is 386 g/mol. The Morgan fingerprint density at radius 3 is 2.70 bits per heavy atom. The standard InChI is InChI=1S/C21H19N5O4/c1-3-30-21(29)15-8-9-22-19-18(15)16(20(28)24-19)11-23-13-4-6-14(7-5-13)26-12(2)10-17(27)25-26/h4-11,16H,3H2,1-2H3,(H,25,27)(H,22,24,28). The molecule has 1 amide bonds. The van der Waals surface area contributed by atoms with Crippen LogP contribution in [0, 0.1) is 6.92 Å². The molecule has 0 aliphatic carbocycles. The van der Waals surface area contributed by atoms with Crippen molar-refractivity contribution in [2.45, 2.75) is 19.8 Å².